The molecule has 66 heavy (non-hydrogen) atoms. The second-order valence-electron chi connectivity index (χ2n) is 17.2. The van der Waals surface area contributed by atoms with Gasteiger partial charge in [-0.3, -0.25) is 8.80 Å². The normalized spacial score (nSPS) is 12.2. The molecule has 0 fully saturated rings. The molecule has 0 aliphatic rings. The molecule has 0 saturated carbocycles. The summed E-state index contributed by atoms with van der Waals surface area (Å²) >= 11 is 0. The summed E-state index contributed by atoms with van der Waals surface area (Å²) in [4.78, 5) is 26.4. The van der Waals surface area contributed by atoms with Gasteiger partial charge >= 0.3 is 0 Å². The van der Waals surface area contributed by atoms with Gasteiger partial charge in [-0.2, -0.15) is 0 Å². The van der Waals surface area contributed by atoms with Gasteiger partial charge < -0.3 is 0 Å². The molecule has 0 aliphatic heterocycles. The molecule has 15 rings (SSSR count). The number of pyridine rings is 2. The third-order valence-corrected chi connectivity index (χ3v) is 13.7. The van der Waals surface area contributed by atoms with E-state index in [1.807, 2.05) is 12.1 Å². The lowest BCUT2D eigenvalue weighted by molar-refractivity contribution is 1.08. The van der Waals surface area contributed by atoms with Crippen LogP contribution in [0.5, 0.6) is 0 Å². The summed E-state index contributed by atoms with van der Waals surface area (Å²) in [5.41, 5.74) is 10.8. The molecule has 304 valence electrons. The van der Waals surface area contributed by atoms with E-state index in [4.69, 9.17) is 24.9 Å². The van der Waals surface area contributed by atoms with Gasteiger partial charge in [0.05, 0.1) is 33.1 Å². The van der Waals surface area contributed by atoms with E-state index < -0.39 is 0 Å². The molecule has 0 N–H and O–H groups in total. The number of hydrogen-bond donors (Lipinski definition) is 0. The van der Waals surface area contributed by atoms with Gasteiger partial charge in [-0.05, 0) is 104 Å². The number of fused-ring (bicyclic) bond motifs is 22. The summed E-state index contributed by atoms with van der Waals surface area (Å²) in [5.74, 6) is 1.78. The van der Waals surface area contributed by atoms with Crippen molar-refractivity contribution in [2.75, 3.05) is 0 Å². The smallest absolute Gasteiger partial charge is 0.164 e. The Morgan fingerprint density at radius 1 is 0.227 bits per heavy atom. The average molecular weight is 840 g/mol. The summed E-state index contributed by atoms with van der Waals surface area (Å²) in [6.45, 7) is 0. The van der Waals surface area contributed by atoms with Crippen molar-refractivity contribution in [2.45, 2.75) is 0 Å². The maximum absolute atomic E-state index is 5.37. The first kappa shape index (κ1) is 35.4. The molecule has 10 aromatic carbocycles. The number of para-hydroxylation sites is 5. The molecule has 0 spiro atoms. The Morgan fingerprint density at radius 3 is 1.14 bits per heavy atom. The van der Waals surface area contributed by atoms with Crippen LogP contribution < -0.4 is 0 Å². The highest BCUT2D eigenvalue weighted by molar-refractivity contribution is 6.26. The quantitative estimate of drug-likeness (QED) is 0.166. The molecule has 0 radical (unpaired) electrons. The number of benzene rings is 10. The van der Waals surface area contributed by atoms with Gasteiger partial charge in [-0.1, -0.05) is 140 Å². The molecule has 5 heterocycles. The van der Waals surface area contributed by atoms with Crippen LogP contribution in [0.1, 0.15) is 0 Å². The molecule has 7 heteroatoms. The Bertz CT molecular complexity index is 4570. The Hall–Kier alpha value is -9.07. The van der Waals surface area contributed by atoms with Crippen LogP contribution in [-0.2, 0) is 0 Å². The molecular formula is C59H33N7. The van der Waals surface area contributed by atoms with Gasteiger partial charge in [-0.15, -0.1) is 0 Å². The van der Waals surface area contributed by atoms with Crippen LogP contribution in [0, 0.1) is 0 Å². The van der Waals surface area contributed by atoms with Gasteiger partial charge in [-0.25, -0.2) is 24.9 Å². The van der Waals surface area contributed by atoms with Crippen molar-refractivity contribution in [3.05, 3.63) is 200 Å². The fourth-order valence-electron chi connectivity index (χ4n) is 10.7. The number of rotatable bonds is 3. The van der Waals surface area contributed by atoms with Crippen LogP contribution in [0.25, 0.3) is 143 Å². The van der Waals surface area contributed by atoms with Crippen LogP contribution in [0.2, 0.25) is 0 Å². The van der Waals surface area contributed by atoms with Crippen molar-refractivity contribution in [1.29, 1.82) is 0 Å². The molecule has 0 unspecified atom stereocenters. The topological polar surface area (TPSA) is 73.3 Å². The summed E-state index contributed by atoms with van der Waals surface area (Å²) < 4.78 is 4.56. The monoisotopic (exact) mass is 839 g/mol. The maximum atomic E-state index is 5.37. The van der Waals surface area contributed by atoms with E-state index in [2.05, 4.69) is 197 Å². The van der Waals surface area contributed by atoms with Crippen LogP contribution >= 0.6 is 0 Å². The highest BCUT2D eigenvalue weighted by Crippen LogP contribution is 2.40. The zero-order valence-electron chi connectivity index (χ0n) is 35.2. The zero-order valence-corrected chi connectivity index (χ0v) is 35.2. The minimum Gasteiger partial charge on any atom is -0.292 e. The number of nitrogens with zero attached hydrogens (tertiary/aromatic N) is 7. The third kappa shape index (κ3) is 4.93. The zero-order chi connectivity index (χ0) is 43.0. The lowest BCUT2D eigenvalue weighted by atomic mass is 9.93. The maximum Gasteiger partial charge on any atom is 0.164 e. The van der Waals surface area contributed by atoms with Crippen molar-refractivity contribution in [2.24, 2.45) is 0 Å². The lowest BCUT2D eigenvalue weighted by Gasteiger charge is -2.14. The summed E-state index contributed by atoms with van der Waals surface area (Å²) in [6, 6.07) is 70.9. The number of aromatic nitrogens is 7. The standard InChI is InChI=1S/C59H33N7/c1-2-15-39-37(13-1)38-14-3-4-16-40(38)46-31-34(25-28-42(39)46)55-62-56(35-26-29-43-44-18-7-10-22-51(44)65-53-23-11-9-21-50(53)61-59(65)48(43)33-35)64-57(63-55)36-27-30-52-47(32-36)41-17-5-6-19-45(41)58-60-49-20-8-12-24-54(49)66(52)58/h1-33H. The predicted octanol–water partition coefficient (Wildman–Crippen LogP) is 14.5. The Labute approximate surface area is 375 Å². The highest BCUT2D eigenvalue weighted by atomic mass is 15.0. The molecule has 0 saturated heterocycles. The number of hydrogen-bond acceptors (Lipinski definition) is 5. The van der Waals surface area contributed by atoms with E-state index in [9.17, 15) is 0 Å². The molecule has 0 bridgehead atoms. The second kappa shape index (κ2) is 13.2. The fraction of sp³-hybridized carbons (Fsp3) is 0. The van der Waals surface area contributed by atoms with E-state index in [0.29, 0.717) is 17.5 Å². The fourth-order valence-corrected chi connectivity index (χ4v) is 10.7. The molecule has 15 aromatic rings. The number of imidazole rings is 2. The van der Waals surface area contributed by atoms with E-state index in [0.717, 1.165) is 98.8 Å². The second-order valence-corrected chi connectivity index (χ2v) is 17.2. The SMILES string of the molecule is c1ccc2c(c1)nc1c3ccccc3c3cc(-c4nc(-c5ccc6c7ccccc7c7ccccc7c6c5)nc(-c5ccc6c7ccccc7n7c8ccccc8nc7c6c5)n4)ccc3n21. The van der Waals surface area contributed by atoms with Gasteiger partial charge in [0.25, 0.3) is 0 Å². The molecule has 7 nitrogen and oxygen atoms in total. The molecular weight excluding hydrogens is 807 g/mol. The summed E-state index contributed by atoms with van der Waals surface area (Å²) in [6.07, 6.45) is 0. The first-order valence-electron chi connectivity index (χ1n) is 22.3. The van der Waals surface area contributed by atoms with Crippen LogP contribution in [0.3, 0.4) is 0 Å². The summed E-state index contributed by atoms with van der Waals surface area (Å²) in [7, 11) is 0. The lowest BCUT2D eigenvalue weighted by Crippen LogP contribution is -2.01. The third-order valence-electron chi connectivity index (χ3n) is 13.7. The van der Waals surface area contributed by atoms with Gasteiger partial charge in [0.15, 0.2) is 17.5 Å². The molecule has 0 amide bonds. The van der Waals surface area contributed by atoms with Gasteiger partial charge in [0.2, 0.25) is 0 Å². The van der Waals surface area contributed by atoms with Crippen molar-refractivity contribution in [3.8, 4) is 34.2 Å². The van der Waals surface area contributed by atoms with Crippen molar-refractivity contribution in [1.82, 2.24) is 33.7 Å². The van der Waals surface area contributed by atoms with Crippen molar-refractivity contribution >= 4 is 109 Å². The van der Waals surface area contributed by atoms with E-state index >= 15 is 0 Å². The van der Waals surface area contributed by atoms with Crippen molar-refractivity contribution in [3.63, 3.8) is 0 Å². The van der Waals surface area contributed by atoms with Crippen molar-refractivity contribution < 1.29 is 0 Å². The van der Waals surface area contributed by atoms with Crippen LogP contribution in [0.15, 0.2) is 200 Å². The predicted molar refractivity (Wildman–Crippen MR) is 271 cm³/mol. The Morgan fingerprint density at radius 2 is 0.576 bits per heavy atom. The Balaban J connectivity index is 1.01. The van der Waals surface area contributed by atoms with Gasteiger partial charge in [0, 0.05) is 38.2 Å². The Kier molecular flexibility index (Phi) is 7.10. The molecule has 0 atom stereocenters. The van der Waals surface area contributed by atoms with E-state index in [1.54, 1.807) is 0 Å². The first-order chi connectivity index (χ1) is 32.7. The first-order valence-corrected chi connectivity index (χ1v) is 22.3. The largest absolute Gasteiger partial charge is 0.292 e. The summed E-state index contributed by atoms with van der Waals surface area (Å²) in [5, 5.41) is 13.9. The molecule has 0 aliphatic carbocycles. The van der Waals surface area contributed by atoms with Crippen LogP contribution in [-0.4, -0.2) is 33.7 Å². The highest BCUT2D eigenvalue weighted by Gasteiger charge is 2.20. The minimum absolute atomic E-state index is 0.587. The van der Waals surface area contributed by atoms with Crippen LogP contribution in [0.4, 0.5) is 0 Å². The molecule has 5 aromatic heterocycles. The average Bonchev–Trinajstić information content (AvgIpc) is 3.99. The van der Waals surface area contributed by atoms with E-state index in [-0.39, 0.29) is 0 Å². The van der Waals surface area contributed by atoms with Gasteiger partial charge in [0.1, 0.15) is 11.3 Å². The minimum atomic E-state index is 0.587. The van der Waals surface area contributed by atoms with E-state index in [1.165, 1.54) is 26.9 Å².